The second-order valence-corrected chi connectivity index (χ2v) is 6.24. The molecule has 22 heavy (non-hydrogen) atoms. The number of ether oxygens (including phenoxy) is 1. The van der Waals surface area contributed by atoms with Gasteiger partial charge in [-0.05, 0) is 20.8 Å². The lowest BCUT2D eigenvalue weighted by Crippen LogP contribution is -2.51. The van der Waals surface area contributed by atoms with Crippen molar-refractivity contribution >= 4 is 29.5 Å². The van der Waals surface area contributed by atoms with E-state index in [9.17, 15) is 4.79 Å². The van der Waals surface area contributed by atoms with Gasteiger partial charge in [-0.25, -0.2) is 9.80 Å². The van der Waals surface area contributed by atoms with Crippen molar-refractivity contribution < 1.29 is 9.53 Å². The molecule has 1 aromatic rings. The van der Waals surface area contributed by atoms with Crippen molar-refractivity contribution in [2.24, 2.45) is 0 Å². The Hall–Kier alpha value is -1.87. The van der Waals surface area contributed by atoms with Crippen LogP contribution >= 0.6 is 11.6 Å². The topological polar surface area (TPSA) is 110 Å². The summed E-state index contributed by atoms with van der Waals surface area (Å²) in [6, 6.07) is 0. The molecule has 1 aromatic heterocycles. The Bertz CT molecular complexity index is 541. The monoisotopic (exact) mass is 329 g/mol. The molecule has 9 nitrogen and oxygen atoms in total. The molecule has 1 fully saturated rings. The molecule has 0 aromatic carbocycles. The molecule has 122 valence electrons. The zero-order chi connectivity index (χ0) is 16.3. The second kappa shape index (κ2) is 6.49. The predicted molar refractivity (Wildman–Crippen MR) is 82.3 cm³/mol. The van der Waals surface area contributed by atoms with Gasteiger partial charge in [-0.2, -0.15) is 4.98 Å². The summed E-state index contributed by atoms with van der Waals surface area (Å²) in [4.78, 5) is 17.6. The van der Waals surface area contributed by atoms with Crippen molar-refractivity contribution in [1.82, 2.24) is 25.1 Å². The van der Waals surface area contributed by atoms with E-state index in [1.54, 1.807) is 4.90 Å². The fourth-order valence-corrected chi connectivity index (χ4v) is 1.92. The second-order valence-electron chi connectivity index (χ2n) is 5.88. The molecule has 1 saturated heterocycles. The minimum atomic E-state index is -0.493. The highest BCUT2D eigenvalue weighted by molar-refractivity contribution is 6.31. The Morgan fingerprint density at radius 2 is 1.91 bits per heavy atom. The van der Waals surface area contributed by atoms with Gasteiger partial charge in [-0.15, -0.1) is 10.2 Å². The van der Waals surface area contributed by atoms with Gasteiger partial charge in [0.05, 0.1) is 0 Å². The van der Waals surface area contributed by atoms with Crippen molar-refractivity contribution in [3.63, 3.8) is 0 Å². The maximum Gasteiger partial charge on any atom is 0.410 e. The molecule has 0 unspecified atom stereocenters. The number of hydrogen-bond acceptors (Lipinski definition) is 8. The Morgan fingerprint density at radius 3 is 2.45 bits per heavy atom. The van der Waals surface area contributed by atoms with Crippen molar-refractivity contribution in [2.75, 3.05) is 37.3 Å². The number of anilines is 2. The van der Waals surface area contributed by atoms with E-state index in [0.29, 0.717) is 26.2 Å². The third kappa shape index (κ3) is 4.57. The Labute approximate surface area is 133 Å². The van der Waals surface area contributed by atoms with Gasteiger partial charge in [-0.3, -0.25) is 5.43 Å². The average molecular weight is 330 g/mol. The molecule has 2 rings (SSSR count). The van der Waals surface area contributed by atoms with Crippen LogP contribution in [0, 0.1) is 0 Å². The molecule has 10 heteroatoms. The standard InChI is InChI=1S/C12H20ClN7O2/c1-12(2,3)22-11(21)19-4-6-20(7-5-19)18-10-15-9(14)8(13)16-17-10/h4-7H2,1-3H3,(H3,14,15,17,18). The smallest absolute Gasteiger partial charge is 0.410 e. The van der Waals surface area contributed by atoms with Crippen LogP contribution < -0.4 is 11.2 Å². The van der Waals surface area contributed by atoms with E-state index in [4.69, 9.17) is 22.1 Å². The van der Waals surface area contributed by atoms with Crippen LogP contribution in [0.25, 0.3) is 0 Å². The summed E-state index contributed by atoms with van der Waals surface area (Å²) in [5.41, 5.74) is 8.07. The molecule has 0 aliphatic carbocycles. The first-order valence-electron chi connectivity index (χ1n) is 6.90. The van der Waals surface area contributed by atoms with Crippen molar-refractivity contribution in [3.05, 3.63) is 5.15 Å². The molecular weight excluding hydrogens is 310 g/mol. The summed E-state index contributed by atoms with van der Waals surface area (Å²) in [6.07, 6.45) is -0.305. The SMILES string of the molecule is CC(C)(C)OC(=O)N1CCN(Nc2nnc(Cl)c(N)n2)CC1. The lowest BCUT2D eigenvalue weighted by molar-refractivity contribution is 0.0163. The number of halogens is 1. The van der Waals surface area contributed by atoms with Crippen LogP contribution in [0.1, 0.15) is 20.8 Å². The van der Waals surface area contributed by atoms with Crippen LogP contribution in [0.4, 0.5) is 16.6 Å². The molecule has 1 amide bonds. The van der Waals surface area contributed by atoms with Gasteiger partial charge in [0.25, 0.3) is 5.95 Å². The molecule has 0 bridgehead atoms. The molecule has 3 N–H and O–H groups in total. The summed E-state index contributed by atoms with van der Waals surface area (Å²) in [7, 11) is 0. The summed E-state index contributed by atoms with van der Waals surface area (Å²) in [5, 5.41) is 9.44. The normalized spacial score (nSPS) is 16.5. The zero-order valence-electron chi connectivity index (χ0n) is 12.8. The van der Waals surface area contributed by atoms with Gasteiger partial charge in [0, 0.05) is 26.2 Å². The highest BCUT2D eigenvalue weighted by Gasteiger charge is 2.26. The van der Waals surface area contributed by atoms with Crippen molar-refractivity contribution in [2.45, 2.75) is 26.4 Å². The first kappa shape index (κ1) is 16.5. The minimum absolute atomic E-state index is 0.0697. The quantitative estimate of drug-likeness (QED) is 0.826. The van der Waals surface area contributed by atoms with Crippen molar-refractivity contribution in [3.8, 4) is 0 Å². The number of carbonyl (C=O) groups is 1. The summed E-state index contributed by atoms with van der Waals surface area (Å²) >= 11 is 5.67. The number of nitrogens with zero attached hydrogens (tertiary/aromatic N) is 5. The number of nitrogen functional groups attached to an aromatic ring is 1. The van der Waals surface area contributed by atoms with Gasteiger partial charge in [0.2, 0.25) is 0 Å². The zero-order valence-corrected chi connectivity index (χ0v) is 13.6. The van der Waals surface area contributed by atoms with E-state index in [1.165, 1.54) is 0 Å². The first-order chi connectivity index (χ1) is 10.2. The highest BCUT2D eigenvalue weighted by Crippen LogP contribution is 2.14. The largest absolute Gasteiger partial charge is 0.444 e. The van der Waals surface area contributed by atoms with Gasteiger partial charge in [-0.1, -0.05) is 11.6 Å². The molecule has 2 heterocycles. The number of rotatable bonds is 2. The average Bonchev–Trinajstić information content (AvgIpc) is 2.42. The number of aromatic nitrogens is 3. The first-order valence-corrected chi connectivity index (χ1v) is 7.27. The van der Waals surface area contributed by atoms with Crippen LogP contribution in [0.15, 0.2) is 0 Å². The Kier molecular flexibility index (Phi) is 4.87. The number of hydrogen-bond donors (Lipinski definition) is 2. The van der Waals surface area contributed by atoms with Crippen LogP contribution in [0.3, 0.4) is 0 Å². The van der Waals surface area contributed by atoms with Gasteiger partial charge in [0.15, 0.2) is 11.0 Å². The molecule has 0 radical (unpaired) electrons. The predicted octanol–water partition coefficient (Wildman–Crippen LogP) is 0.987. The third-order valence-corrected chi connectivity index (χ3v) is 3.13. The maximum atomic E-state index is 12.0. The Morgan fingerprint density at radius 1 is 1.27 bits per heavy atom. The maximum absolute atomic E-state index is 12.0. The number of piperazine rings is 1. The summed E-state index contributed by atoms with van der Waals surface area (Å²) in [5.74, 6) is 0.388. The molecule has 0 saturated carbocycles. The van der Waals surface area contributed by atoms with Crippen LogP contribution in [0.2, 0.25) is 5.15 Å². The number of amides is 1. The molecule has 1 aliphatic rings. The van der Waals surface area contributed by atoms with Crippen LogP contribution in [0.5, 0.6) is 0 Å². The summed E-state index contributed by atoms with van der Waals surface area (Å²) in [6.45, 7) is 7.82. The van der Waals surface area contributed by atoms with E-state index in [2.05, 4.69) is 20.6 Å². The molecule has 1 aliphatic heterocycles. The van der Waals surface area contributed by atoms with Crippen LogP contribution in [-0.4, -0.2) is 63.0 Å². The minimum Gasteiger partial charge on any atom is -0.444 e. The van der Waals surface area contributed by atoms with E-state index in [-0.39, 0.29) is 23.0 Å². The van der Waals surface area contributed by atoms with Crippen molar-refractivity contribution in [1.29, 1.82) is 0 Å². The fraction of sp³-hybridized carbons (Fsp3) is 0.667. The van der Waals surface area contributed by atoms with E-state index >= 15 is 0 Å². The van der Waals surface area contributed by atoms with Gasteiger partial charge < -0.3 is 15.4 Å². The number of nitrogens with one attached hydrogen (secondary N) is 1. The lowest BCUT2D eigenvalue weighted by atomic mass is 10.2. The third-order valence-electron chi connectivity index (χ3n) is 2.86. The summed E-state index contributed by atoms with van der Waals surface area (Å²) < 4.78 is 5.34. The molecule has 0 spiro atoms. The number of nitrogens with two attached hydrogens (primary N) is 1. The van der Waals surface area contributed by atoms with E-state index in [1.807, 2.05) is 25.8 Å². The van der Waals surface area contributed by atoms with E-state index in [0.717, 1.165) is 0 Å². The Balaban J connectivity index is 1.84. The molecular formula is C12H20ClN7O2. The van der Waals surface area contributed by atoms with Crippen LogP contribution in [-0.2, 0) is 4.74 Å². The fourth-order valence-electron chi connectivity index (χ4n) is 1.84. The highest BCUT2D eigenvalue weighted by atomic mass is 35.5. The lowest BCUT2D eigenvalue weighted by Gasteiger charge is -2.35. The number of carbonyl (C=O) groups excluding carboxylic acids is 1. The van der Waals surface area contributed by atoms with Gasteiger partial charge >= 0.3 is 6.09 Å². The van der Waals surface area contributed by atoms with E-state index < -0.39 is 5.60 Å². The number of hydrazine groups is 1. The van der Waals surface area contributed by atoms with Gasteiger partial charge in [0.1, 0.15) is 5.60 Å². The molecule has 0 atom stereocenters.